The molecule has 0 unspecified atom stereocenters. The van der Waals surface area contributed by atoms with Crippen LogP contribution >= 0.6 is 0 Å². The molecule has 3 aromatic rings. The highest BCUT2D eigenvalue weighted by Gasteiger charge is 2.56. The number of carbonyl (C=O) groups is 2. The van der Waals surface area contributed by atoms with Crippen molar-refractivity contribution in [2.24, 2.45) is 16.9 Å². The molecule has 0 bridgehead atoms. The maximum Gasteiger partial charge on any atom is 0.324 e. The lowest BCUT2D eigenvalue weighted by Crippen LogP contribution is -2.44. The lowest BCUT2D eigenvalue weighted by Gasteiger charge is -2.22. The van der Waals surface area contributed by atoms with Gasteiger partial charge in [0.15, 0.2) is 0 Å². The van der Waals surface area contributed by atoms with E-state index in [9.17, 15) is 9.59 Å². The van der Waals surface area contributed by atoms with Crippen molar-refractivity contribution in [3.05, 3.63) is 53.2 Å². The molecule has 5 N–H and O–H groups in total. The molecule has 2 aliphatic carbocycles. The van der Waals surface area contributed by atoms with Crippen LogP contribution in [-0.4, -0.2) is 66.0 Å². The second-order valence-corrected chi connectivity index (χ2v) is 10.7. The van der Waals surface area contributed by atoms with Crippen LogP contribution in [0, 0.1) is 18.2 Å². The van der Waals surface area contributed by atoms with Crippen LogP contribution in [-0.2, 0) is 16.0 Å². The number of pyridine rings is 1. The van der Waals surface area contributed by atoms with Gasteiger partial charge in [-0.25, -0.2) is 4.39 Å². The van der Waals surface area contributed by atoms with Crippen molar-refractivity contribution in [3.8, 4) is 22.9 Å². The van der Waals surface area contributed by atoms with Crippen molar-refractivity contribution in [1.82, 2.24) is 20.3 Å². The molecule has 1 saturated carbocycles. The number of hydrogen-bond donors (Lipinski definition) is 3. The predicted octanol–water partition coefficient (Wildman–Crippen LogP) is 1.65. The van der Waals surface area contributed by atoms with E-state index in [4.69, 9.17) is 26.2 Å². The molecular weight excluding hydrogens is 515 g/mol. The molecule has 6 rings (SSSR count). The Morgan fingerprint density at radius 1 is 1.23 bits per heavy atom. The van der Waals surface area contributed by atoms with Crippen LogP contribution in [0.4, 0.5) is 15.9 Å². The summed E-state index contributed by atoms with van der Waals surface area (Å²) in [7, 11) is 1.58. The largest absolute Gasteiger partial charge is 0.423 e. The molecule has 3 heterocycles. The number of carbonyl (C=O) groups excluding carboxylic acids is 2. The van der Waals surface area contributed by atoms with E-state index in [0.29, 0.717) is 53.6 Å². The fraction of sp³-hybridized carbons (Fsp3) is 0.393. The minimum Gasteiger partial charge on any atom is -0.423 e. The first-order valence-corrected chi connectivity index (χ1v) is 13.3. The Bertz CT molecular complexity index is 1510. The monoisotopic (exact) mass is 546 g/mol. The fourth-order valence-electron chi connectivity index (χ4n) is 5.79. The summed E-state index contributed by atoms with van der Waals surface area (Å²) in [5.74, 6) is 0.0638. The topological polar surface area (TPSA) is 153 Å². The molecular formula is C28H31FN8O3. The number of aromatic nitrogens is 3. The van der Waals surface area contributed by atoms with Gasteiger partial charge in [-0.2, -0.15) is 9.97 Å². The number of hydrogen-bond acceptors (Lipinski definition) is 9. The Kier molecular flexibility index (Phi) is 6.38. The standard InChI is InChI=1S/C28H31FN8O3/c1-15-3-4-17(12-32-15)40-27-33-20-9-18-19(7-16(29)8-21(18)36(2)24(39)11-31)25(20)26(35-27)37-13-22(34-23(38)10-30)28(14-37)5-6-28/h3-4,7-8,12,22H,5-6,9-11,13-14,30-31H2,1-2H3,(H,34,38)/t22-/m0/s1. The number of aryl methyl sites for hydroxylation is 1. The third-order valence-electron chi connectivity index (χ3n) is 8.11. The van der Waals surface area contributed by atoms with E-state index in [0.717, 1.165) is 24.1 Å². The highest BCUT2D eigenvalue weighted by atomic mass is 19.1. The summed E-state index contributed by atoms with van der Waals surface area (Å²) in [6, 6.07) is 6.48. The number of anilines is 2. The van der Waals surface area contributed by atoms with E-state index in [1.807, 2.05) is 13.0 Å². The van der Waals surface area contributed by atoms with Gasteiger partial charge in [-0.1, -0.05) is 0 Å². The maximum absolute atomic E-state index is 15.0. The molecule has 1 atom stereocenters. The molecule has 12 heteroatoms. The number of nitrogens with two attached hydrogens (primary N) is 2. The summed E-state index contributed by atoms with van der Waals surface area (Å²) in [5, 5.41) is 3.08. The van der Waals surface area contributed by atoms with Gasteiger partial charge in [0.25, 0.3) is 0 Å². The third kappa shape index (κ3) is 4.52. The van der Waals surface area contributed by atoms with Crippen LogP contribution in [0.15, 0.2) is 30.5 Å². The van der Waals surface area contributed by atoms with Gasteiger partial charge >= 0.3 is 6.01 Å². The Balaban J connectivity index is 1.45. The van der Waals surface area contributed by atoms with Crippen LogP contribution in [0.5, 0.6) is 11.8 Å². The lowest BCUT2D eigenvalue weighted by atomic mass is 10.0. The van der Waals surface area contributed by atoms with Crippen LogP contribution in [0.25, 0.3) is 11.1 Å². The molecule has 2 fully saturated rings. The van der Waals surface area contributed by atoms with Crippen LogP contribution < -0.4 is 31.3 Å². The molecule has 11 nitrogen and oxygen atoms in total. The normalized spacial score (nSPS) is 17.9. The number of rotatable bonds is 7. The molecule has 1 aromatic carbocycles. The van der Waals surface area contributed by atoms with Gasteiger partial charge in [-0.3, -0.25) is 14.6 Å². The van der Waals surface area contributed by atoms with E-state index in [-0.39, 0.29) is 42.4 Å². The van der Waals surface area contributed by atoms with Crippen molar-refractivity contribution >= 4 is 23.3 Å². The summed E-state index contributed by atoms with van der Waals surface area (Å²) in [4.78, 5) is 42.0. The molecule has 208 valence electrons. The average Bonchev–Trinajstić information content (AvgIpc) is 3.51. The number of halogens is 1. The molecule has 2 aromatic heterocycles. The maximum atomic E-state index is 15.0. The van der Waals surface area contributed by atoms with Gasteiger partial charge in [-0.15, -0.1) is 0 Å². The number of fused-ring (bicyclic) bond motifs is 3. The number of nitrogens with one attached hydrogen (secondary N) is 1. The van der Waals surface area contributed by atoms with Gasteiger partial charge in [-0.05, 0) is 55.2 Å². The first-order valence-electron chi connectivity index (χ1n) is 13.3. The molecule has 2 amide bonds. The first-order chi connectivity index (χ1) is 19.2. The lowest BCUT2D eigenvalue weighted by molar-refractivity contribution is -0.120. The third-order valence-corrected chi connectivity index (χ3v) is 8.11. The Labute approximate surface area is 230 Å². The molecule has 3 aliphatic rings. The Hall–Kier alpha value is -4.16. The minimum atomic E-state index is -0.483. The second-order valence-electron chi connectivity index (χ2n) is 10.7. The molecule has 40 heavy (non-hydrogen) atoms. The number of nitrogens with zero attached hydrogens (tertiary/aromatic N) is 5. The van der Waals surface area contributed by atoms with Gasteiger partial charge in [0, 0.05) is 43.2 Å². The van der Waals surface area contributed by atoms with Crippen molar-refractivity contribution in [2.75, 3.05) is 43.0 Å². The highest BCUT2D eigenvalue weighted by Crippen LogP contribution is 2.55. The zero-order chi connectivity index (χ0) is 28.2. The zero-order valence-corrected chi connectivity index (χ0v) is 22.4. The van der Waals surface area contributed by atoms with Gasteiger partial charge < -0.3 is 31.3 Å². The smallest absolute Gasteiger partial charge is 0.324 e. The van der Waals surface area contributed by atoms with Crippen molar-refractivity contribution in [3.63, 3.8) is 0 Å². The summed E-state index contributed by atoms with van der Waals surface area (Å²) < 4.78 is 21.1. The predicted molar refractivity (Wildman–Crippen MR) is 147 cm³/mol. The van der Waals surface area contributed by atoms with Gasteiger partial charge in [0.2, 0.25) is 11.8 Å². The zero-order valence-electron chi connectivity index (χ0n) is 22.4. The number of likely N-dealkylation sites (N-methyl/N-ethyl adjacent to an activating group) is 1. The van der Waals surface area contributed by atoms with Crippen molar-refractivity contribution < 1.29 is 18.7 Å². The minimum absolute atomic E-state index is 0.0626. The summed E-state index contributed by atoms with van der Waals surface area (Å²) in [5.41, 5.74) is 15.1. The number of ether oxygens (including phenoxy) is 1. The van der Waals surface area contributed by atoms with Gasteiger partial charge in [0.05, 0.1) is 36.7 Å². The first kappa shape index (κ1) is 26.1. The second kappa shape index (κ2) is 9.79. The van der Waals surface area contributed by atoms with Crippen LogP contribution in [0.1, 0.15) is 29.8 Å². The quantitative estimate of drug-likeness (QED) is 0.314. The summed E-state index contributed by atoms with van der Waals surface area (Å²) in [6.07, 6.45) is 3.92. The van der Waals surface area contributed by atoms with E-state index in [1.54, 1.807) is 19.3 Å². The molecule has 1 saturated heterocycles. The van der Waals surface area contributed by atoms with E-state index in [2.05, 4.69) is 15.2 Å². The summed E-state index contributed by atoms with van der Waals surface area (Å²) >= 11 is 0. The highest BCUT2D eigenvalue weighted by molar-refractivity contribution is 5.98. The number of benzene rings is 1. The van der Waals surface area contributed by atoms with Crippen molar-refractivity contribution in [2.45, 2.75) is 32.2 Å². The van der Waals surface area contributed by atoms with Crippen molar-refractivity contribution in [1.29, 1.82) is 0 Å². The van der Waals surface area contributed by atoms with Crippen LogP contribution in [0.3, 0.4) is 0 Å². The van der Waals surface area contributed by atoms with Crippen LogP contribution in [0.2, 0.25) is 0 Å². The molecule has 0 radical (unpaired) electrons. The number of amides is 2. The Morgan fingerprint density at radius 3 is 2.70 bits per heavy atom. The van der Waals surface area contributed by atoms with E-state index >= 15 is 4.39 Å². The molecule has 1 spiro atoms. The molecule has 1 aliphatic heterocycles. The summed E-state index contributed by atoms with van der Waals surface area (Å²) in [6.45, 7) is 2.79. The average molecular weight is 547 g/mol. The van der Waals surface area contributed by atoms with E-state index < -0.39 is 5.82 Å². The van der Waals surface area contributed by atoms with E-state index in [1.165, 1.54) is 17.0 Å². The fourth-order valence-corrected chi connectivity index (χ4v) is 5.79. The SMILES string of the molecule is Cc1ccc(Oc2nc3c(c(N4C[C@H](NC(=O)CN)C5(CC5)C4)n2)-c2cc(F)cc(N(C)C(=O)CN)c2C3)cn1. The van der Waals surface area contributed by atoms with Gasteiger partial charge in [0.1, 0.15) is 17.4 Å². The Morgan fingerprint density at radius 2 is 2.02 bits per heavy atom.